The summed E-state index contributed by atoms with van der Waals surface area (Å²) in [5.74, 6) is -0.865. The lowest BCUT2D eigenvalue weighted by atomic mass is 10.0. The van der Waals surface area contributed by atoms with Crippen molar-refractivity contribution in [3.8, 4) is 0 Å². The van der Waals surface area contributed by atoms with Crippen LogP contribution >= 0.6 is 7.82 Å². The minimum atomic E-state index is -4.66. The van der Waals surface area contributed by atoms with E-state index in [9.17, 15) is 19.0 Å². The van der Waals surface area contributed by atoms with Crippen molar-refractivity contribution in [2.24, 2.45) is 0 Å². The van der Waals surface area contributed by atoms with Crippen molar-refractivity contribution in [2.45, 2.75) is 277 Å². The van der Waals surface area contributed by atoms with Gasteiger partial charge in [0.25, 0.3) is 7.82 Å². The van der Waals surface area contributed by atoms with Crippen LogP contribution in [0, 0.1) is 0 Å². The van der Waals surface area contributed by atoms with E-state index in [1.807, 2.05) is 21.1 Å². The molecule has 0 saturated heterocycles. The molecule has 0 aromatic heterocycles. The fourth-order valence-electron chi connectivity index (χ4n) is 9.51. The number of allylic oxidation sites excluding steroid dienone is 32. The number of esters is 2. The fraction of sp³-hybridized carbons (Fsp3) is 0.595. The minimum Gasteiger partial charge on any atom is -0.756 e. The molecule has 0 spiro atoms. The van der Waals surface area contributed by atoms with E-state index in [1.54, 1.807) is 0 Å². The Morgan fingerprint density at radius 3 is 0.851 bits per heavy atom. The Morgan fingerprint density at radius 2 is 0.574 bits per heavy atom. The molecule has 0 aliphatic rings. The van der Waals surface area contributed by atoms with Gasteiger partial charge in [0.15, 0.2) is 6.10 Å². The highest BCUT2D eigenvalue weighted by Gasteiger charge is 2.22. The number of rotatable bonds is 66. The number of hydrogen-bond donors (Lipinski definition) is 0. The number of nitrogens with zero attached hydrogens (tertiary/aromatic N) is 1. The first-order chi connectivity index (χ1) is 46.0. The third-order valence-electron chi connectivity index (χ3n) is 15.1. The zero-order valence-corrected chi connectivity index (χ0v) is 61.2. The predicted molar refractivity (Wildman–Crippen MR) is 406 cm³/mol. The van der Waals surface area contributed by atoms with Gasteiger partial charge < -0.3 is 27.9 Å². The van der Waals surface area contributed by atoms with Crippen LogP contribution in [-0.2, 0) is 32.7 Å². The molecule has 2 atom stereocenters. The lowest BCUT2D eigenvalue weighted by Crippen LogP contribution is -2.37. The van der Waals surface area contributed by atoms with Crippen LogP contribution in [0.2, 0.25) is 0 Å². The summed E-state index contributed by atoms with van der Waals surface area (Å²) in [6.07, 6.45) is 112. The Balaban J connectivity index is 4.12. The van der Waals surface area contributed by atoms with Crippen LogP contribution in [0.15, 0.2) is 194 Å². The second kappa shape index (κ2) is 72.1. The highest BCUT2D eigenvalue weighted by molar-refractivity contribution is 7.45. The molecule has 10 heteroatoms. The number of ether oxygens (including phenoxy) is 2. The first-order valence-corrected chi connectivity index (χ1v) is 38.6. The van der Waals surface area contributed by atoms with Crippen molar-refractivity contribution in [2.75, 3.05) is 47.5 Å². The van der Waals surface area contributed by atoms with Gasteiger partial charge in [0.1, 0.15) is 19.8 Å². The molecule has 0 bridgehead atoms. The Morgan fingerprint density at radius 1 is 0.330 bits per heavy atom. The Kier molecular flexibility index (Phi) is 68.2. The second-order valence-corrected chi connectivity index (χ2v) is 26.6. The van der Waals surface area contributed by atoms with Gasteiger partial charge in [-0.1, -0.05) is 311 Å². The van der Waals surface area contributed by atoms with Gasteiger partial charge in [0, 0.05) is 12.8 Å². The van der Waals surface area contributed by atoms with Gasteiger partial charge in [0.2, 0.25) is 0 Å². The van der Waals surface area contributed by atoms with E-state index in [2.05, 4.69) is 208 Å². The van der Waals surface area contributed by atoms with Crippen LogP contribution in [-0.4, -0.2) is 70.0 Å². The maximum absolute atomic E-state index is 12.9. The molecular weight excluding hydrogens is 1180 g/mol. The van der Waals surface area contributed by atoms with Crippen LogP contribution in [0.4, 0.5) is 0 Å². The van der Waals surface area contributed by atoms with E-state index >= 15 is 0 Å². The van der Waals surface area contributed by atoms with Crippen LogP contribution in [0.25, 0.3) is 0 Å². The molecule has 0 heterocycles. The van der Waals surface area contributed by atoms with E-state index in [0.29, 0.717) is 17.4 Å². The topological polar surface area (TPSA) is 111 Å². The normalized spacial score (nSPS) is 14.2. The summed E-state index contributed by atoms with van der Waals surface area (Å²) < 4.78 is 34.3. The number of likely N-dealkylation sites (N-methyl/N-ethyl adjacent to an activating group) is 1. The van der Waals surface area contributed by atoms with Gasteiger partial charge in [-0.3, -0.25) is 14.2 Å². The molecule has 94 heavy (non-hydrogen) atoms. The summed E-state index contributed by atoms with van der Waals surface area (Å²) in [6, 6.07) is 0. The van der Waals surface area contributed by atoms with Crippen LogP contribution in [0.5, 0.6) is 0 Å². The average molecular weight is 1320 g/mol. The lowest BCUT2D eigenvalue weighted by Gasteiger charge is -2.28. The number of carbonyl (C=O) groups excluding carboxylic acids is 2. The van der Waals surface area contributed by atoms with Gasteiger partial charge in [0.05, 0.1) is 27.7 Å². The number of hydrogen-bond acceptors (Lipinski definition) is 8. The van der Waals surface area contributed by atoms with Crippen molar-refractivity contribution in [1.82, 2.24) is 0 Å². The molecule has 0 aliphatic heterocycles. The molecule has 0 rings (SSSR count). The number of carbonyl (C=O) groups is 2. The molecule has 0 saturated carbocycles. The molecular formula is C84H136NO8P. The summed E-state index contributed by atoms with van der Waals surface area (Å²) in [5, 5.41) is 0. The van der Waals surface area contributed by atoms with Crippen molar-refractivity contribution < 1.29 is 42.1 Å². The monoisotopic (exact) mass is 1320 g/mol. The highest BCUT2D eigenvalue weighted by Crippen LogP contribution is 2.38. The van der Waals surface area contributed by atoms with E-state index in [-0.39, 0.29) is 26.1 Å². The Labute approximate surface area is 577 Å². The zero-order chi connectivity index (χ0) is 68.3. The molecule has 530 valence electrons. The van der Waals surface area contributed by atoms with Crippen molar-refractivity contribution in [3.63, 3.8) is 0 Å². The predicted octanol–water partition coefficient (Wildman–Crippen LogP) is 24.2. The Hall–Kier alpha value is -5.15. The number of phosphoric acid groups is 1. The molecule has 0 aromatic carbocycles. The third-order valence-corrected chi connectivity index (χ3v) is 16.1. The highest BCUT2D eigenvalue weighted by atomic mass is 31.2. The second-order valence-electron chi connectivity index (χ2n) is 25.2. The standard InChI is InChI=1S/C84H136NO8P/c1-6-8-10-12-14-16-18-20-22-24-26-28-30-32-34-36-38-40-41-42-43-45-46-48-50-52-54-56-58-60-62-64-66-68-70-72-74-76-83(86)90-80-82(81-92-94(88,89)91-79-78-85(3,4)5)93-84(87)77-75-73-71-69-67-65-63-61-59-57-55-53-51-49-47-44-39-37-35-33-31-29-27-25-23-21-19-17-15-13-11-9-7-2/h8-11,14-17,20-23,26-29,32-35,38-40,42-44,49,51,55,57,61,63,82H,6-7,12-13,18-19,24-25,30-31,36-37,41,45-48,50,52-54,56,58-60,62,64-81H2,1-5H3/b10-8-,11-9-,16-14-,17-15-,22-20-,23-21-,28-26-,29-27-,34-32-,35-33-,40-38-,43-42-,44-39-,51-49-,57-55-,63-61-. The number of quaternary nitrogens is 1. The molecule has 0 radical (unpaired) electrons. The van der Waals surface area contributed by atoms with E-state index < -0.39 is 32.5 Å². The Bertz CT molecular complexity index is 2290. The molecule has 0 aliphatic carbocycles. The van der Waals surface area contributed by atoms with Gasteiger partial charge in [-0.05, 0) is 141 Å². The largest absolute Gasteiger partial charge is 0.756 e. The quantitative estimate of drug-likeness (QED) is 0.0195. The first-order valence-electron chi connectivity index (χ1n) is 37.1. The maximum Gasteiger partial charge on any atom is 0.306 e. The van der Waals surface area contributed by atoms with Gasteiger partial charge in [-0.15, -0.1) is 0 Å². The van der Waals surface area contributed by atoms with Gasteiger partial charge in [-0.2, -0.15) is 0 Å². The average Bonchev–Trinajstić information content (AvgIpc) is 1.56. The summed E-state index contributed by atoms with van der Waals surface area (Å²) in [6.45, 7) is 3.98. The molecule has 0 amide bonds. The van der Waals surface area contributed by atoms with E-state index in [4.69, 9.17) is 18.5 Å². The lowest BCUT2D eigenvalue weighted by molar-refractivity contribution is -0.870. The smallest absolute Gasteiger partial charge is 0.306 e. The van der Waals surface area contributed by atoms with Crippen LogP contribution < -0.4 is 4.89 Å². The molecule has 2 unspecified atom stereocenters. The minimum absolute atomic E-state index is 0.0445. The first kappa shape index (κ1) is 88.8. The van der Waals surface area contributed by atoms with E-state index in [1.165, 1.54) is 77.0 Å². The van der Waals surface area contributed by atoms with Gasteiger partial charge in [-0.25, -0.2) is 0 Å². The number of unbranched alkanes of at least 4 members (excludes halogenated alkanes) is 20. The molecule has 9 nitrogen and oxygen atoms in total. The maximum atomic E-state index is 12.9. The zero-order valence-electron chi connectivity index (χ0n) is 60.3. The van der Waals surface area contributed by atoms with Crippen molar-refractivity contribution in [3.05, 3.63) is 194 Å². The van der Waals surface area contributed by atoms with Gasteiger partial charge >= 0.3 is 11.9 Å². The molecule has 0 N–H and O–H groups in total. The van der Waals surface area contributed by atoms with Crippen LogP contribution in [0.1, 0.15) is 271 Å². The number of phosphoric ester groups is 1. The molecule has 0 fully saturated rings. The fourth-order valence-corrected chi connectivity index (χ4v) is 10.2. The van der Waals surface area contributed by atoms with E-state index in [0.717, 1.165) is 161 Å². The SMILES string of the molecule is CC/C=C\C/C=C\C/C=C\C/C=C\C/C=C\C/C=C\C/C=C\C/C=C\C/C=C\CCCCCCCC(=O)OC(COC(=O)CCCCCCCCCCCCCCCCC/C=C\C/C=C\C/C=C\C/C=C\C/C=C\C/C=C\C/C=C\CC)COP(=O)([O-])OCC[N+](C)(C)C. The summed E-state index contributed by atoms with van der Waals surface area (Å²) in [7, 11) is 1.13. The summed E-state index contributed by atoms with van der Waals surface area (Å²) in [4.78, 5) is 38.1. The van der Waals surface area contributed by atoms with Crippen molar-refractivity contribution in [1.29, 1.82) is 0 Å². The van der Waals surface area contributed by atoms with Crippen LogP contribution in [0.3, 0.4) is 0 Å². The summed E-state index contributed by atoms with van der Waals surface area (Å²) in [5.41, 5.74) is 0. The summed E-state index contributed by atoms with van der Waals surface area (Å²) >= 11 is 0. The van der Waals surface area contributed by atoms with Crippen molar-refractivity contribution >= 4 is 19.8 Å². The molecule has 0 aromatic rings. The third kappa shape index (κ3) is 75.9.